The number of hydrogen-bond donors (Lipinski definition) is 1. The highest BCUT2D eigenvalue weighted by molar-refractivity contribution is 6.00. The Morgan fingerprint density at radius 1 is 1.33 bits per heavy atom. The van der Waals surface area contributed by atoms with Crippen molar-refractivity contribution in [3.63, 3.8) is 0 Å². The second kappa shape index (κ2) is 11.6. The summed E-state index contributed by atoms with van der Waals surface area (Å²) in [5, 5.41) is 2.53. The molecule has 0 aromatic heterocycles. The predicted octanol–water partition coefficient (Wildman–Crippen LogP) is 3.01. The molecular formula is C19H32N2O3. The van der Waals surface area contributed by atoms with Crippen LogP contribution in [0.1, 0.15) is 60.3 Å². The Morgan fingerprint density at radius 3 is 2.42 bits per heavy atom. The third kappa shape index (κ3) is 5.95. The van der Waals surface area contributed by atoms with E-state index in [1.54, 1.807) is 11.9 Å². The zero-order valence-electron chi connectivity index (χ0n) is 15.9. The van der Waals surface area contributed by atoms with E-state index in [4.69, 9.17) is 0 Å². The summed E-state index contributed by atoms with van der Waals surface area (Å²) in [5.74, 6) is -0.217. The van der Waals surface area contributed by atoms with Crippen LogP contribution in [0.25, 0.3) is 0 Å². The van der Waals surface area contributed by atoms with Crippen LogP contribution in [0.3, 0.4) is 0 Å². The first kappa shape index (κ1) is 22.1. The molecule has 1 heterocycles. The normalized spacial score (nSPS) is 17.1. The van der Waals surface area contributed by atoms with Crippen molar-refractivity contribution >= 4 is 18.1 Å². The second-order valence-corrected chi connectivity index (χ2v) is 5.68. The first-order chi connectivity index (χ1) is 11.5. The van der Waals surface area contributed by atoms with Crippen molar-refractivity contribution in [1.29, 1.82) is 0 Å². The summed E-state index contributed by atoms with van der Waals surface area (Å²) in [6, 6.07) is -0.540. The van der Waals surface area contributed by atoms with E-state index in [2.05, 4.69) is 11.4 Å². The molecule has 1 aliphatic heterocycles. The van der Waals surface area contributed by atoms with Crippen LogP contribution in [0.2, 0.25) is 0 Å². The number of nitrogens with one attached hydrogen (secondary N) is 1. The molecule has 0 spiro atoms. The number of piperidine rings is 1. The fourth-order valence-electron chi connectivity index (χ4n) is 2.75. The zero-order valence-corrected chi connectivity index (χ0v) is 15.9. The van der Waals surface area contributed by atoms with Crippen molar-refractivity contribution in [2.24, 2.45) is 0 Å². The minimum absolute atomic E-state index is 0.0973. The van der Waals surface area contributed by atoms with Crippen molar-refractivity contribution in [3.8, 4) is 0 Å². The van der Waals surface area contributed by atoms with Gasteiger partial charge >= 0.3 is 0 Å². The van der Waals surface area contributed by atoms with Gasteiger partial charge in [0.15, 0.2) is 0 Å². The molecule has 136 valence electrons. The molecule has 0 radical (unpaired) electrons. The van der Waals surface area contributed by atoms with Gasteiger partial charge in [-0.3, -0.25) is 9.59 Å². The highest BCUT2D eigenvalue weighted by Crippen LogP contribution is 2.28. The maximum atomic E-state index is 12.7. The number of amides is 2. The Hall–Kier alpha value is -1.91. The van der Waals surface area contributed by atoms with E-state index >= 15 is 0 Å². The number of carbonyl (C=O) groups excluding carboxylic acids is 3. The molecular weight excluding hydrogens is 304 g/mol. The van der Waals surface area contributed by atoms with Gasteiger partial charge in [0.05, 0.1) is 6.04 Å². The van der Waals surface area contributed by atoms with Crippen molar-refractivity contribution in [3.05, 3.63) is 22.8 Å². The summed E-state index contributed by atoms with van der Waals surface area (Å²) >= 11 is 0. The summed E-state index contributed by atoms with van der Waals surface area (Å²) in [4.78, 5) is 37.1. The van der Waals surface area contributed by atoms with Gasteiger partial charge in [0.25, 0.3) is 5.91 Å². The van der Waals surface area contributed by atoms with Crippen LogP contribution in [0.15, 0.2) is 22.8 Å². The van der Waals surface area contributed by atoms with Crippen molar-refractivity contribution in [1.82, 2.24) is 10.2 Å². The fraction of sp³-hybridized carbons (Fsp3) is 0.632. The average Bonchev–Trinajstić information content (AvgIpc) is 2.58. The molecule has 2 amide bonds. The Labute approximate surface area is 146 Å². The molecule has 1 N–H and O–H groups in total. The lowest BCUT2D eigenvalue weighted by Crippen LogP contribution is -2.46. The summed E-state index contributed by atoms with van der Waals surface area (Å²) < 4.78 is 0. The standard InChI is InChI=1S/C17H26N2O3.C2H6/c1-5-6-13-9-10-19(17(22)16(13)12(2)3)14(11-20)7-8-15(21)18-4;1-2/h6,11,14H,5,7-10H2,1-4H3,(H,18,21);1-2H3/b13-6-;. The zero-order chi connectivity index (χ0) is 18.7. The van der Waals surface area contributed by atoms with Crippen molar-refractivity contribution in [2.75, 3.05) is 13.6 Å². The SMILES string of the molecule is CC.CC/C=C1/CCN(C(C=O)CCC(=O)NC)C(=O)C1=C(C)C. The third-order valence-electron chi connectivity index (χ3n) is 3.87. The molecule has 0 aliphatic carbocycles. The quantitative estimate of drug-likeness (QED) is 0.599. The summed E-state index contributed by atoms with van der Waals surface area (Å²) in [6.45, 7) is 10.4. The fourth-order valence-corrected chi connectivity index (χ4v) is 2.75. The lowest BCUT2D eigenvalue weighted by molar-refractivity contribution is -0.134. The van der Waals surface area contributed by atoms with Crippen LogP contribution in [-0.2, 0) is 14.4 Å². The largest absolute Gasteiger partial charge is 0.359 e. The van der Waals surface area contributed by atoms with Gasteiger partial charge in [0.1, 0.15) is 6.29 Å². The molecule has 24 heavy (non-hydrogen) atoms. The van der Waals surface area contributed by atoms with E-state index in [1.807, 2.05) is 34.6 Å². The van der Waals surface area contributed by atoms with Gasteiger partial charge in [-0.05, 0) is 38.7 Å². The highest BCUT2D eigenvalue weighted by atomic mass is 16.2. The molecule has 0 saturated carbocycles. The van der Waals surface area contributed by atoms with Crippen LogP contribution in [0, 0.1) is 0 Å². The lowest BCUT2D eigenvalue weighted by Gasteiger charge is -2.35. The Kier molecular flexibility index (Phi) is 10.7. The lowest BCUT2D eigenvalue weighted by atomic mass is 9.91. The molecule has 0 bridgehead atoms. The topological polar surface area (TPSA) is 66.5 Å². The van der Waals surface area contributed by atoms with E-state index in [0.29, 0.717) is 13.0 Å². The highest BCUT2D eigenvalue weighted by Gasteiger charge is 2.32. The summed E-state index contributed by atoms with van der Waals surface area (Å²) in [5.41, 5.74) is 2.75. The Balaban J connectivity index is 0.00000254. The van der Waals surface area contributed by atoms with Crippen LogP contribution >= 0.6 is 0 Å². The van der Waals surface area contributed by atoms with Crippen molar-refractivity contribution < 1.29 is 14.4 Å². The van der Waals surface area contributed by atoms with E-state index in [9.17, 15) is 14.4 Å². The van der Waals surface area contributed by atoms with Gasteiger partial charge in [-0.1, -0.05) is 32.4 Å². The maximum absolute atomic E-state index is 12.7. The maximum Gasteiger partial charge on any atom is 0.254 e. The number of allylic oxidation sites excluding steroid dienone is 2. The average molecular weight is 336 g/mol. The van der Waals surface area contributed by atoms with Crippen LogP contribution in [-0.4, -0.2) is 42.6 Å². The molecule has 1 aliphatic rings. The van der Waals surface area contributed by atoms with Crippen LogP contribution in [0.4, 0.5) is 0 Å². The molecule has 5 nitrogen and oxygen atoms in total. The van der Waals surface area contributed by atoms with E-state index in [-0.39, 0.29) is 18.2 Å². The minimum atomic E-state index is -0.540. The molecule has 1 unspecified atom stereocenters. The van der Waals surface area contributed by atoms with Crippen LogP contribution < -0.4 is 5.32 Å². The van der Waals surface area contributed by atoms with E-state index < -0.39 is 6.04 Å². The number of rotatable bonds is 6. The molecule has 1 rings (SSSR count). The Bertz CT molecular complexity index is 503. The molecule has 1 atom stereocenters. The number of aldehydes is 1. The number of likely N-dealkylation sites (tertiary alicyclic amines) is 1. The van der Waals surface area contributed by atoms with Gasteiger partial charge in [0.2, 0.25) is 5.91 Å². The molecule has 0 aromatic rings. The van der Waals surface area contributed by atoms with Crippen LogP contribution in [0.5, 0.6) is 0 Å². The smallest absolute Gasteiger partial charge is 0.254 e. The summed E-state index contributed by atoms with van der Waals surface area (Å²) in [7, 11) is 1.56. The number of carbonyl (C=O) groups is 3. The second-order valence-electron chi connectivity index (χ2n) is 5.68. The van der Waals surface area contributed by atoms with Gasteiger partial charge in [-0.15, -0.1) is 0 Å². The number of hydrogen-bond acceptors (Lipinski definition) is 3. The van der Waals surface area contributed by atoms with E-state index in [0.717, 1.165) is 35.8 Å². The monoisotopic (exact) mass is 336 g/mol. The first-order valence-corrected chi connectivity index (χ1v) is 8.79. The Morgan fingerprint density at radius 2 is 1.96 bits per heavy atom. The molecule has 1 saturated heterocycles. The molecule has 5 heteroatoms. The predicted molar refractivity (Wildman–Crippen MR) is 97.6 cm³/mol. The van der Waals surface area contributed by atoms with Gasteiger partial charge in [-0.2, -0.15) is 0 Å². The molecule has 1 fully saturated rings. The van der Waals surface area contributed by atoms with Gasteiger partial charge < -0.3 is 15.0 Å². The number of nitrogens with zero attached hydrogens (tertiary/aromatic N) is 1. The van der Waals surface area contributed by atoms with Gasteiger partial charge in [0, 0.05) is 25.6 Å². The van der Waals surface area contributed by atoms with Gasteiger partial charge in [-0.25, -0.2) is 0 Å². The van der Waals surface area contributed by atoms with Crippen molar-refractivity contribution in [2.45, 2.75) is 66.3 Å². The third-order valence-corrected chi connectivity index (χ3v) is 3.87. The first-order valence-electron chi connectivity index (χ1n) is 8.79. The summed E-state index contributed by atoms with van der Waals surface area (Å²) in [6.07, 6.45) is 5.09. The minimum Gasteiger partial charge on any atom is -0.359 e. The van der Waals surface area contributed by atoms with E-state index in [1.165, 1.54) is 0 Å². The molecule has 0 aromatic carbocycles.